The molecule has 2 heterocycles. The molecule has 1 aromatic heterocycles. The molecule has 0 aliphatic carbocycles. The zero-order chi connectivity index (χ0) is 23.7. The Bertz CT molecular complexity index is 1370. The number of rotatable bonds is 6. The van der Waals surface area contributed by atoms with Crippen LogP contribution in [0.4, 0.5) is 0 Å². The smallest absolute Gasteiger partial charge is 0.340 e. The molecule has 4 aromatic rings. The van der Waals surface area contributed by atoms with Crippen LogP contribution < -0.4 is 20.0 Å². The van der Waals surface area contributed by atoms with Crippen LogP contribution in [0.15, 0.2) is 69.9 Å². The number of benzene rings is 3. The number of hydrogen-bond donors (Lipinski definition) is 1. The molecule has 0 fully saturated rings. The summed E-state index contributed by atoms with van der Waals surface area (Å²) < 4.78 is 17.3. The SMILES string of the molecule is COc1ccc(CC[NH+]2COc3c(cc4c(C)c(Cc5ccccc5)c(=O)oc4c3C)C2)cc1. The lowest BCUT2D eigenvalue weighted by Crippen LogP contribution is -3.12. The van der Waals surface area contributed by atoms with E-state index >= 15 is 0 Å². The first-order valence-electron chi connectivity index (χ1n) is 11.8. The van der Waals surface area contributed by atoms with Gasteiger partial charge in [0.15, 0.2) is 0 Å². The van der Waals surface area contributed by atoms with Gasteiger partial charge in [-0.15, -0.1) is 0 Å². The summed E-state index contributed by atoms with van der Waals surface area (Å²) in [6.07, 6.45) is 1.54. The fraction of sp³-hybridized carbons (Fsp3) is 0.276. The molecule has 1 aliphatic rings. The number of methoxy groups -OCH3 is 1. The van der Waals surface area contributed by atoms with Crippen LogP contribution in [0.3, 0.4) is 0 Å². The van der Waals surface area contributed by atoms with E-state index in [9.17, 15) is 4.79 Å². The summed E-state index contributed by atoms with van der Waals surface area (Å²) in [6.45, 7) is 6.48. The maximum absolute atomic E-state index is 12.9. The molecule has 0 spiro atoms. The highest BCUT2D eigenvalue weighted by atomic mass is 16.5. The maximum Gasteiger partial charge on any atom is 0.340 e. The third-order valence-corrected chi connectivity index (χ3v) is 6.84. The van der Waals surface area contributed by atoms with Crippen molar-refractivity contribution in [2.75, 3.05) is 20.4 Å². The number of ether oxygens (including phenoxy) is 2. The number of fused-ring (bicyclic) bond motifs is 2. The highest BCUT2D eigenvalue weighted by Crippen LogP contribution is 2.34. The average molecular weight is 457 g/mol. The molecule has 5 heteroatoms. The van der Waals surface area contributed by atoms with Gasteiger partial charge in [0, 0.05) is 34.9 Å². The Kier molecular flexibility index (Phi) is 6.12. The van der Waals surface area contributed by atoms with E-state index in [1.807, 2.05) is 56.3 Å². The van der Waals surface area contributed by atoms with Crippen molar-refractivity contribution >= 4 is 11.0 Å². The number of aryl methyl sites for hydroxylation is 2. The molecule has 1 unspecified atom stereocenters. The molecule has 5 nitrogen and oxygen atoms in total. The van der Waals surface area contributed by atoms with Crippen molar-refractivity contribution < 1.29 is 18.8 Å². The summed E-state index contributed by atoms with van der Waals surface area (Å²) in [5.74, 6) is 1.74. The average Bonchev–Trinajstić information content (AvgIpc) is 2.87. The molecule has 174 valence electrons. The molecule has 0 radical (unpaired) electrons. The number of quaternary nitrogens is 1. The van der Waals surface area contributed by atoms with Crippen molar-refractivity contribution in [2.45, 2.75) is 33.2 Å². The zero-order valence-electron chi connectivity index (χ0n) is 19.9. The molecule has 0 saturated heterocycles. The van der Waals surface area contributed by atoms with E-state index < -0.39 is 0 Å². The van der Waals surface area contributed by atoms with Crippen LogP contribution >= 0.6 is 0 Å². The highest BCUT2D eigenvalue weighted by Gasteiger charge is 2.26. The second kappa shape index (κ2) is 9.35. The summed E-state index contributed by atoms with van der Waals surface area (Å²) in [5.41, 5.74) is 6.56. The predicted molar refractivity (Wildman–Crippen MR) is 133 cm³/mol. The molecule has 0 saturated carbocycles. The van der Waals surface area contributed by atoms with Gasteiger partial charge in [-0.05, 0) is 48.7 Å². The van der Waals surface area contributed by atoms with Crippen molar-refractivity contribution in [1.82, 2.24) is 0 Å². The third-order valence-electron chi connectivity index (χ3n) is 6.84. The van der Waals surface area contributed by atoms with E-state index in [4.69, 9.17) is 13.9 Å². The molecule has 1 N–H and O–H groups in total. The molecular formula is C29H30NO4+. The van der Waals surface area contributed by atoms with Crippen LogP contribution in [0.5, 0.6) is 11.5 Å². The molecule has 0 bridgehead atoms. The fourth-order valence-corrected chi connectivity index (χ4v) is 4.84. The third kappa shape index (κ3) is 4.31. The minimum absolute atomic E-state index is 0.264. The first-order chi connectivity index (χ1) is 16.5. The quantitative estimate of drug-likeness (QED) is 0.446. The molecule has 0 amide bonds. The van der Waals surface area contributed by atoms with Gasteiger partial charge in [-0.25, -0.2) is 4.79 Å². The normalized spacial score (nSPS) is 15.1. The Morgan fingerprint density at radius 2 is 1.74 bits per heavy atom. The van der Waals surface area contributed by atoms with Gasteiger partial charge in [0.05, 0.1) is 13.7 Å². The van der Waals surface area contributed by atoms with Crippen LogP contribution in [0, 0.1) is 13.8 Å². The summed E-state index contributed by atoms with van der Waals surface area (Å²) in [5, 5.41) is 1.00. The molecule has 5 rings (SSSR count). The monoisotopic (exact) mass is 456 g/mol. The van der Waals surface area contributed by atoms with Crippen LogP contribution in [-0.2, 0) is 19.4 Å². The largest absolute Gasteiger partial charge is 0.497 e. The molecular weight excluding hydrogens is 426 g/mol. The number of hydrogen-bond acceptors (Lipinski definition) is 4. The number of nitrogens with one attached hydrogen (secondary N) is 1. The standard InChI is InChI=1S/C29H29NO4/c1-19-25-16-23-17-30(14-13-21-9-11-24(32-3)12-10-21)18-33-27(23)20(2)28(25)34-29(31)26(19)15-22-7-5-4-6-8-22/h4-12,16H,13-15,17-18H2,1-3H3/p+1. The van der Waals surface area contributed by atoms with E-state index in [-0.39, 0.29) is 5.63 Å². The molecule has 34 heavy (non-hydrogen) atoms. The lowest BCUT2D eigenvalue weighted by molar-refractivity contribution is -0.932. The molecule has 3 aromatic carbocycles. The summed E-state index contributed by atoms with van der Waals surface area (Å²) in [4.78, 5) is 14.2. The van der Waals surface area contributed by atoms with Crippen LogP contribution in [-0.4, -0.2) is 20.4 Å². The Morgan fingerprint density at radius 1 is 0.971 bits per heavy atom. The molecule has 1 atom stereocenters. The van der Waals surface area contributed by atoms with Crippen molar-refractivity contribution in [3.8, 4) is 11.5 Å². The van der Waals surface area contributed by atoms with Gasteiger partial charge >= 0.3 is 5.63 Å². The van der Waals surface area contributed by atoms with Gasteiger partial charge in [0.25, 0.3) is 0 Å². The maximum atomic E-state index is 12.9. The van der Waals surface area contributed by atoms with E-state index in [0.717, 1.165) is 58.6 Å². The van der Waals surface area contributed by atoms with Gasteiger partial charge < -0.3 is 13.9 Å². The van der Waals surface area contributed by atoms with Gasteiger partial charge in [0.1, 0.15) is 23.6 Å². The van der Waals surface area contributed by atoms with E-state index in [1.54, 1.807) is 7.11 Å². The first kappa shape index (κ1) is 22.2. The highest BCUT2D eigenvalue weighted by molar-refractivity contribution is 5.87. The summed E-state index contributed by atoms with van der Waals surface area (Å²) >= 11 is 0. The van der Waals surface area contributed by atoms with Gasteiger partial charge in [-0.2, -0.15) is 0 Å². The van der Waals surface area contributed by atoms with Crippen LogP contribution in [0.25, 0.3) is 11.0 Å². The van der Waals surface area contributed by atoms with Crippen molar-refractivity contribution in [3.05, 3.63) is 104 Å². The van der Waals surface area contributed by atoms with Crippen LogP contribution in [0.1, 0.15) is 33.4 Å². The summed E-state index contributed by atoms with van der Waals surface area (Å²) in [7, 11) is 1.69. The minimum Gasteiger partial charge on any atom is -0.497 e. The Balaban J connectivity index is 1.42. The lowest BCUT2D eigenvalue weighted by Gasteiger charge is -2.28. The Morgan fingerprint density at radius 3 is 2.47 bits per heavy atom. The van der Waals surface area contributed by atoms with E-state index in [0.29, 0.717) is 18.7 Å². The van der Waals surface area contributed by atoms with E-state index in [1.165, 1.54) is 16.0 Å². The zero-order valence-corrected chi connectivity index (χ0v) is 19.9. The Labute approximate surface area is 199 Å². The topological polar surface area (TPSA) is 53.1 Å². The van der Waals surface area contributed by atoms with Crippen molar-refractivity contribution in [2.24, 2.45) is 0 Å². The predicted octanol–water partition coefficient (Wildman–Crippen LogP) is 3.99. The second-order valence-corrected chi connectivity index (χ2v) is 9.09. The van der Waals surface area contributed by atoms with Gasteiger partial charge in [-0.1, -0.05) is 42.5 Å². The first-order valence-corrected chi connectivity index (χ1v) is 11.8. The minimum atomic E-state index is -0.264. The van der Waals surface area contributed by atoms with Gasteiger partial charge in [-0.3, -0.25) is 4.90 Å². The fourth-order valence-electron chi connectivity index (χ4n) is 4.84. The van der Waals surface area contributed by atoms with Crippen molar-refractivity contribution in [3.63, 3.8) is 0 Å². The van der Waals surface area contributed by atoms with E-state index in [2.05, 4.69) is 18.2 Å². The lowest BCUT2D eigenvalue weighted by atomic mass is 9.96. The summed E-state index contributed by atoms with van der Waals surface area (Å²) in [6, 6.07) is 20.5. The van der Waals surface area contributed by atoms with Crippen molar-refractivity contribution in [1.29, 1.82) is 0 Å². The Hall–Kier alpha value is -3.57. The second-order valence-electron chi connectivity index (χ2n) is 9.09. The molecule has 1 aliphatic heterocycles. The van der Waals surface area contributed by atoms with Crippen LogP contribution in [0.2, 0.25) is 0 Å². The van der Waals surface area contributed by atoms with Gasteiger partial charge in [0.2, 0.25) is 6.73 Å².